The van der Waals surface area contributed by atoms with E-state index in [0.717, 1.165) is 0 Å². The largest absolute Gasteiger partial charge is 0.503 e. The Morgan fingerprint density at radius 2 is 2.23 bits per heavy atom. The summed E-state index contributed by atoms with van der Waals surface area (Å²) in [5.41, 5.74) is 3.06. The van der Waals surface area contributed by atoms with E-state index in [1.807, 2.05) is 0 Å². The standard InChI is InChI=1S/C14H17BrN2O5/c1-14(21-3-4-22-14)7-12(18)17-16-8-9-5-10(15)13(19)11(6-9)20-2/h5-6,8,19H,3-4,7H2,1-2H3,(H,17,18)/b16-8-. The average molecular weight is 373 g/mol. The molecule has 8 heteroatoms. The van der Waals surface area contributed by atoms with Crippen molar-refractivity contribution in [3.8, 4) is 11.5 Å². The molecule has 0 aromatic heterocycles. The van der Waals surface area contributed by atoms with Gasteiger partial charge in [-0.1, -0.05) is 0 Å². The van der Waals surface area contributed by atoms with Crippen molar-refractivity contribution < 1.29 is 24.1 Å². The van der Waals surface area contributed by atoms with E-state index in [4.69, 9.17) is 14.2 Å². The molecule has 0 atom stereocenters. The lowest BCUT2D eigenvalue weighted by Gasteiger charge is -2.20. The highest BCUT2D eigenvalue weighted by atomic mass is 79.9. The zero-order chi connectivity index (χ0) is 16.2. The molecule has 0 unspecified atom stereocenters. The number of rotatable bonds is 5. The summed E-state index contributed by atoms with van der Waals surface area (Å²) in [4.78, 5) is 11.8. The Morgan fingerprint density at radius 3 is 2.86 bits per heavy atom. The second-order valence-electron chi connectivity index (χ2n) is 4.85. The van der Waals surface area contributed by atoms with Crippen LogP contribution in [0.5, 0.6) is 11.5 Å². The first-order chi connectivity index (χ1) is 10.4. The highest BCUT2D eigenvalue weighted by Crippen LogP contribution is 2.34. The van der Waals surface area contributed by atoms with Crippen LogP contribution in [0.25, 0.3) is 0 Å². The number of carbonyl (C=O) groups excluding carboxylic acids is 1. The maximum Gasteiger partial charge on any atom is 0.245 e. The van der Waals surface area contributed by atoms with E-state index in [1.165, 1.54) is 13.3 Å². The van der Waals surface area contributed by atoms with Gasteiger partial charge in [-0.15, -0.1) is 0 Å². The number of aromatic hydroxyl groups is 1. The molecule has 1 fully saturated rings. The highest BCUT2D eigenvalue weighted by molar-refractivity contribution is 9.10. The smallest absolute Gasteiger partial charge is 0.245 e. The van der Waals surface area contributed by atoms with Gasteiger partial charge in [0.2, 0.25) is 5.91 Å². The summed E-state index contributed by atoms with van der Waals surface area (Å²) in [6, 6.07) is 3.25. The molecule has 7 nitrogen and oxygen atoms in total. The van der Waals surface area contributed by atoms with Crippen LogP contribution in [-0.2, 0) is 14.3 Å². The number of nitrogens with zero attached hydrogens (tertiary/aromatic N) is 1. The third-order valence-corrected chi connectivity index (χ3v) is 3.66. The molecule has 0 bridgehead atoms. The minimum Gasteiger partial charge on any atom is -0.503 e. The number of methoxy groups -OCH3 is 1. The molecule has 0 aliphatic carbocycles. The third kappa shape index (κ3) is 4.19. The van der Waals surface area contributed by atoms with Crippen molar-refractivity contribution in [1.29, 1.82) is 0 Å². The molecule has 120 valence electrons. The maximum absolute atomic E-state index is 11.8. The minimum atomic E-state index is -0.885. The van der Waals surface area contributed by atoms with Gasteiger partial charge in [-0.3, -0.25) is 4.79 Å². The van der Waals surface area contributed by atoms with Gasteiger partial charge in [0, 0.05) is 0 Å². The van der Waals surface area contributed by atoms with Gasteiger partial charge < -0.3 is 19.3 Å². The molecule has 1 aromatic carbocycles. The zero-order valence-electron chi connectivity index (χ0n) is 12.3. The molecule has 2 rings (SSSR count). The Kier molecular flexibility index (Phi) is 5.38. The molecule has 1 heterocycles. The summed E-state index contributed by atoms with van der Waals surface area (Å²) >= 11 is 3.21. The number of benzene rings is 1. The predicted molar refractivity (Wildman–Crippen MR) is 83.0 cm³/mol. The summed E-state index contributed by atoms with van der Waals surface area (Å²) < 4.78 is 16.2. The van der Waals surface area contributed by atoms with Crippen molar-refractivity contribution in [1.82, 2.24) is 5.43 Å². The fourth-order valence-corrected chi connectivity index (χ4v) is 2.45. The third-order valence-electron chi connectivity index (χ3n) is 3.05. The molecular formula is C14H17BrN2O5. The van der Waals surface area contributed by atoms with Crippen molar-refractivity contribution in [2.75, 3.05) is 20.3 Å². The molecular weight excluding hydrogens is 356 g/mol. The van der Waals surface area contributed by atoms with E-state index in [9.17, 15) is 9.90 Å². The fraction of sp³-hybridized carbons (Fsp3) is 0.429. The summed E-state index contributed by atoms with van der Waals surface area (Å²) in [6.45, 7) is 2.67. The van der Waals surface area contributed by atoms with Crippen molar-refractivity contribution in [3.63, 3.8) is 0 Å². The molecule has 1 saturated heterocycles. The molecule has 0 saturated carbocycles. The number of hydrogen-bond acceptors (Lipinski definition) is 6. The summed E-state index contributed by atoms with van der Waals surface area (Å²) in [7, 11) is 1.45. The molecule has 22 heavy (non-hydrogen) atoms. The van der Waals surface area contributed by atoms with Gasteiger partial charge in [0.25, 0.3) is 0 Å². The summed E-state index contributed by atoms with van der Waals surface area (Å²) in [6.07, 6.45) is 1.51. The number of hydrazone groups is 1. The molecule has 1 aliphatic heterocycles. The first kappa shape index (κ1) is 16.7. The second kappa shape index (κ2) is 7.08. The van der Waals surface area contributed by atoms with Crippen LogP contribution in [0.4, 0.5) is 0 Å². The second-order valence-corrected chi connectivity index (χ2v) is 5.71. The van der Waals surface area contributed by atoms with Crippen LogP contribution in [0, 0.1) is 0 Å². The van der Waals surface area contributed by atoms with Crippen LogP contribution in [-0.4, -0.2) is 43.3 Å². The van der Waals surface area contributed by atoms with Gasteiger partial charge in [0.15, 0.2) is 17.3 Å². The Morgan fingerprint density at radius 1 is 1.55 bits per heavy atom. The molecule has 1 aromatic rings. The lowest BCUT2D eigenvalue weighted by atomic mass is 10.2. The topological polar surface area (TPSA) is 89.4 Å². The van der Waals surface area contributed by atoms with Crippen LogP contribution in [0.1, 0.15) is 18.9 Å². The lowest BCUT2D eigenvalue weighted by Crippen LogP contribution is -2.33. The van der Waals surface area contributed by atoms with E-state index < -0.39 is 5.79 Å². The van der Waals surface area contributed by atoms with Gasteiger partial charge >= 0.3 is 0 Å². The van der Waals surface area contributed by atoms with Crippen LogP contribution in [0.2, 0.25) is 0 Å². The quantitative estimate of drug-likeness (QED) is 0.607. The molecule has 1 aliphatic rings. The Labute approximate surface area is 136 Å². The van der Waals surface area contributed by atoms with E-state index in [0.29, 0.717) is 29.0 Å². The number of halogens is 1. The van der Waals surface area contributed by atoms with Gasteiger partial charge in [0.1, 0.15) is 0 Å². The van der Waals surface area contributed by atoms with Gasteiger partial charge in [-0.05, 0) is 40.5 Å². The minimum absolute atomic E-state index is 0.00661. The first-order valence-corrected chi connectivity index (χ1v) is 7.39. The number of phenols is 1. The van der Waals surface area contributed by atoms with Gasteiger partial charge in [0.05, 0.1) is 37.4 Å². The van der Waals surface area contributed by atoms with Crippen molar-refractivity contribution in [2.45, 2.75) is 19.1 Å². The fourth-order valence-electron chi connectivity index (χ4n) is 1.99. The number of amides is 1. The molecule has 1 amide bonds. The van der Waals surface area contributed by atoms with Crippen LogP contribution < -0.4 is 10.2 Å². The highest BCUT2D eigenvalue weighted by Gasteiger charge is 2.33. The van der Waals surface area contributed by atoms with Crippen LogP contribution >= 0.6 is 15.9 Å². The number of phenolic OH excluding ortho intramolecular Hbond substituents is 1. The first-order valence-electron chi connectivity index (χ1n) is 6.60. The lowest BCUT2D eigenvalue weighted by molar-refractivity contribution is -0.159. The zero-order valence-corrected chi connectivity index (χ0v) is 13.8. The molecule has 2 N–H and O–H groups in total. The number of hydrogen-bond donors (Lipinski definition) is 2. The van der Waals surface area contributed by atoms with Gasteiger partial charge in [-0.25, -0.2) is 5.43 Å². The van der Waals surface area contributed by atoms with E-state index in [2.05, 4.69) is 26.5 Å². The summed E-state index contributed by atoms with van der Waals surface area (Å²) in [5.74, 6) is -0.885. The molecule has 0 spiro atoms. The Bertz CT molecular complexity index is 585. The predicted octanol–water partition coefficient (Wildman–Crippen LogP) is 1.77. The SMILES string of the molecule is COc1cc(/C=N\NC(=O)CC2(C)OCCO2)cc(Br)c1O. The Balaban J connectivity index is 1.95. The van der Waals surface area contributed by atoms with Crippen molar-refractivity contribution in [3.05, 3.63) is 22.2 Å². The monoisotopic (exact) mass is 372 g/mol. The van der Waals surface area contributed by atoms with E-state index in [1.54, 1.807) is 19.1 Å². The number of nitrogens with one attached hydrogen (secondary N) is 1. The number of carbonyl (C=O) groups is 1. The number of ether oxygens (including phenoxy) is 3. The van der Waals surface area contributed by atoms with Crippen LogP contribution in [0.3, 0.4) is 0 Å². The summed E-state index contributed by atoms with van der Waals surface area (Å²) in [5, 5.41) is 13.6. The van der Waals surface area contributed by atoms with E-state index in [-0.39, 0.29) is 18.1 Å². The van der Waals surface area contributed by atoms with Crippen molar-refractivity contribution in [2.24, 2.45) is 5.10 Å². The average Bonchev–Trinajstić information content (AvgIpc) is 2.88. The Hall–Kier alpha value is -1.64. The van der Waals surface area contributed by atoms with Gasteiger partial charge in [-0.2, -0.15) is 5.10 Å². The maximum atomic E-state index is 11.8. The normalized spacial score (nSPS) is 16.9. The molecule has 0 radical (unpaired) electrons. The van der Waals surface area contributed by atoms with E-state index >= 15 is 0 Å². The van der Waals surface area contributed by atoms with Crippen molar-refractivity contribution >= 4 is 28.1 Å². The van der Waals surface area contributed by atoms with Crippen LogP contribution in [0.15, 0.2) is 21.7 Å².